The van der Waals surface area contributed by atoms with Gasteiger partial charge in [-0.1, -0.05) is 42.5 Å². The van der Waals surface area contributed by atoms with Gasteiger partial charge in [0.25, 0.3) is 0 Å². The monoisotopic (exact) mass is 578 g/mol. The van der Waals surface area contributed by atoms with Crippen LogP contribution in [0.1, 0.15) is 42.9 Å². The fourth-order valence-corrected chi connectivity index (χ4v) is 4.95. The topological polar surface area (TPSA) is 77.5 Å². The van der Waals surface area contributed by atoms with Gasteiger partial charge < -0.3 is 23.8 Å². The minimum atomic E-state index is -0.488. The third-order valence-corrected chi connectivity index (χ3v) is 7.09. The minimum Gasteiger partial charge on any atom is -0.497 e. The number of aryl methyl sites for hydroxylation is 2. The van der Waals surface area contributed by atoms with Crippen LogP contribution in [0.15, 0.2) is 66.7 Å². The molecule has 0 aliphatic carbocycles. The molecule has 0 N–H and O–H groups in total. The number of fused-ring (bicyclic) bond motifs is 1. The van der Waals surface area contributed by atoms with Gasteiger partial charge in [0.2, 0.25) is 0 Å². The summed E-state index contributed by atoms with van der Waals surface area (Å²) >= 11 is 0. The molecule has 224 valence electrons. The highest BCUT2D eigenvalue weighted by molar-refractivity contribution is 5.91. The number of anilines is 1. The number of unbranched alkanes of at least 4 members (excludes halogenated alkanes) is 1. The number of nitrogens with zero attached hydrogens (tertiary/aromatic N) is 2. The van der Waals surface area contributed by atoms with Crippen LogP contribution >= 0.6 is 0 Å². The van der Waals surface area contributed by atoms with Crippen LogP contribution in [-0.4, -0.2) is 57.0 Å². The number of halogens is 1. The number of methoxy groups -OCH3 is 1. The molecular formula is C33H39FN2O6. The smallest absolute Gasteiger partial charge is 0.414 e. The van der Waals surface area contributed by atoms with Crippen molar-refractivity contribution >= 4 is 17.9 Å². The number of amides is 2. The second-order valence-electron chi connectivity index (χ2n) is 10.0. The first kappa shape index (κ1) is 30.7. The van der Waals surface area contributed by atoms with Crippen LogP contribution in [-0.2, 0) is 28.9 Å². The molecule has 1 aliphatic rings. The van der Waals surface area contributed by atoms with Crippen LogP contribution in [0.2, 0.25) is 0 Å². The number of rotatable bonds is 13. The zero-order valence-corrected chi connectivity index (χ0v) is 24.4. The van der Waals surface area contributed by atoms with E-state index in [1.165, 1.54) is 22.6 Å². The average Bonchev–Trinajstić information content (AvgIpc) is 3.01. The van der Waals surface area contributed by atoms with E-state index < -0.39 is 18.0 Å². The Morgan fingerprint density at radius 2 is 1.74 bits per heavy atom. The molecule has 2 amide bonds. The summed E-state index contributed by atoms with van der Waals surface area (Å²) in [6.07, 6.45) is 2.91. The van der Waals surface area contributed by atoms with Crippen molar-refractivity contribution < 1.29 is 32.9 Å². The van der Waals surface area contributed by atoms with E-state index in [1.54, 1.807) is 18.9 Å². The molecule has 8 nitrogen and oxygen atoms in total. The maximum atomic E-state index is 14.5. The number of benzene rings is 3. The predicted octanol–water partition coefficient (Wildman–Crippen LogP) is 6.78. The van der Waals surface area contributed by atoms with Crippen LogP contribution < -0.4 is 14.4 Å². The van der Waals surface area contributed by atoms with Crippen molar-refractivity contribution in [2.24, 2.45) is 0 Å². The molecular weight excluding hydrogens is 539 g/mol. The van der Waals surface area contributed by atoms with Gasteiger partial charge in [-0.05, 0) is 73.9 Å². The fourth-order valence-electron chi connectivity index (χ4n) is 4.95. The molecule has 0 spiro atoms. The van der Waals surface area contributed by atoms with E-state index in [1.807, 2.05) is 54.6 Å². The Hall–Kier alpha value is -4.27. The highest BCUT2D eigenvalue weighted by Crippen LogP contribution is 2.38. The lowest BCUT2D eigenvalue weighted by molar-refractivity contribution is 0.0897. The molecule has 0 saturated heterocycles. The first-order valence-corrected chi connectivity index (χ1v) is 14.5. The summed E-state index contributed by atoms with van der Waals surface area (Å²) in [4.78, 5) is 28.8. The molecule has 42 heavy (non-hydrogen) atoms. The van der Waals surface area contributed by atoms with Crippen molar-refractivity contribution in [3.05, 3.63) is 89.2 Å². The molecule has 9 heteroatoms. The van der Waals surface area contributed by atoms with Crippen molar-refractivity contribution in [2.45, 2.75) is 45.6 Å². The van der Waals surface area contributed by atoms with Crippen LogP contribution in [0.25, 0.3) is 0 Å². The zero-order chi connectivity index (χ0) is 29.7. The van der Waals surface area contributed by atoms with Crippen molar-refractivity contribution in [1.29, 1.82) is 0 Å². The molecule has 1 heterocycles. The van der Waals surface area contributed by atoms with Gasteiger partial charge in [0.1, 0.15) is 30.5 Å². The number of hydrogen-bond acceptors (Lipinski definition) is 6. The normalized spacial score (nSPS) is 12.3. The lowest BCUT2D eigenvalue weighted by atomic mass is 10.0. The van der Waals surface area contributed by atoms with E-state index in [4.69, 9.17) is 18.9 Å². The quantitative estimate of drug-likeness (QED) is 0.208. The average molecular weight is 579 g/mol. The molecule has 1 aliphatic heterocycles. The van der Waals surface area contributed by atoms with E-state index >= 15 is 0 Å². The van der Waals surface area contributed by atoms with Crippen molar-refractivity contribution in [1.82, 2.24) is 4.90 Å². The van der Waals surface area contributed by atoms with Crippen LogP contribution in [0, 0.1) is 5.82 Å². The molecule has 0 atom stereocenters. The fraction of sp³-hybridized carbons (Fsp3) is 0.394. The van der Waals surface area contributed by atoms with Gasteiger partial charge in [-0.25, -0.2) is 14.0 Å². The Balaban J connectivity index is 1.39. The van der Waals surface area contributed by atoms with Crippen molar-refractivity contribution in [3.8, 4) is 11.5 Å². The number of hydrogen-bond donors (Lipinski definition) is 0. The molecule has 0 fully saturated rings. The first-order chi connectivity index (χ1) is 20.5. The van der Waals surface area contributed by atoms with Gasteiger partial charge >= 0.3 is 12.2 Å². The van der Waals surface area contributed by atoms with E-state index in [0.717, 1.165) is 30.6 Å². The summed E-state index contributed by atoms with van der Waals surface area (Å²) in [6, 6.07) is 20.2. The van der Waals surface area contributed by atoms with Crippen molar-refractivity contribution in [3.63, 3.8) is 0 Å². The SMILES string of the molecule is CCOC(=O)N1CCCc2cc(F)cc(OCCN(CCCCc3ccc(OC)cc3)C(=O)OCc3ccccc3)c21. The Morgan fingerprint density at radius 1 is 0.952 bits per heavy atom. The van der Waals surface area contributed by atoms with E-state index in [9.17, 15) is 14.0 Å². The third kappa shape index (κ3) is 8.61. The molecule has 0 aromatic heterocycles. The number of carbonyl (C=O) groups excluding carboxylic acids is 2. The summed E-state index contributed by atoms with van der Waals surface area (Å²) in [6.45, 7) is 3.41. The Labute approximate surface area is 246 Å². The molecule has 0 radical (unpaired) electrons. The predicted molar refractivity (Wildman–Crippen MR) is 159 cm³/mol. The van der Waals surface area contributed by atoms with Crippen molar-refractivity contribution in [2.75, 3.05) is 44.9 Å². The van der Waals surface area contributed by atoms with Crippen LogP contribution in [0.5, 0.6) is 11.5 Å². The van der Waals surface area contributed by atoms with Gasteiger partial charge in [0, 0.05) is 19.2 Å². The molecule has 4 rings (SSSR count). The highest BCUT2D eigenvalue weighted by atomic mass is 19.1. The van der Waals surface area contributed by atoms with Gasteiger partial charge in [-0.3, -0.25) is 4.90 Å². The summed E-state index contributed by atoms with van der Waals surface area (Å²) in [5, 5.41) is 0. The summed E-state index contributed by atoms with van der Waals surface area (Å²) in [7, 11) is 1.64. The van der Waals surface area contributed by atoms with Crippen LogP contribution in [0.4, 0.5) is 19.7 Å². The number of ether oxygens (including phenoxy) is 4. The molecule has 3 aromatic carbocycles. The Kier molecular flexibility index (Phi) is 11.4. The van der Waals surface area contributed by atoms with E-state index in [-0.39, 0.29) is 32.1 Å². The van der Waals surface area contributed by atoms with Gasteiger partial charge in [-0.2, -0.15) is 0 Å². The number of carbonyl (C=O) groups is 2. The summed E-state index contributed by atoms with van der Waals surface area (Å²) in [5.41, 5.74) is 3.31. The van der Waals surface area contributed by atoms with Gasteiger partial charge in [0.15, 0.2) is 0 Å². The third-order valence-electron chi connectivity index (χ3n) is 7.09. The summed E-state index contributed by atoms with van der Waals surface area (Å²) < 4.78 is 36.6. The lowest BCUT2D eigenvalue weighted by Gasteiger charge is -2.30. The van der Waals surface area contributed by atoms with E-state index in [2.05, 4.69) is 0 Å². The summed E-state index contributed by atoms with van der Waals surface area (Å²) in [5.74, 6) is 0.637. The maximum Gasteiger partial charge on any atom is 0.414 e. The largest absolute Gasteiger partial charge is 0.497 e. The van der Waals surface area contributed by atoms with E-state index in [0.29, 0.717) is 37.2 Å². The highest BCUT2D eigenvalue weighted by Gasteiger charge is 2.28. The molecule has 0 bridgehead atoms. The maximum absolute atomic E-state index is 14.5. The molecule has 3 aromatic rings. The molecule has 0 unspecified atom stereocenters. The Morgan fingerprint density at radius 3 is 2.48 bits per heavy atom. The second-order valence-corrected chi connectivity index (χ2v) is 10.0. The first-order valence-electron chi connectivity index (χ1n) is 14.5. The zero-order valence-electron chi connectivity index (χ0n) is 24.4. The minimum absolute atomic E-state index is 0.103. The lowest BCUT2D eigenvalue weighted by Crippen LogP contribution is -2.37. The molecule has 0 saturated carbocycles. The van der Waals surface area contributed by atoms with Crippen LogP contribution in [0.3, 0.4) is 0 Å². The standard InChI is InChI=1S/C33H39FN2O6/c1-3-40-33(38)36-19-9-13-27-22-28(34)23-30(31(27)36)41-21-20-35(32(37)42-24-26-11-5-4-6-12-26)18-8-7-10-25-14-16-29(39-2)17-15-25/h4-6,11-12,14-17,22-23H,3,7-10,13,18-21,24H2,1-2H3. The van der Waals surface area contributed by atoms with Gasteiger partial charge in [-0.15, -0.1) is 0 Å². The second kappa shape index (κ2) is 15.7. The van der Waals surface area contributed by atoms with Gasteiger partial charge in [0.05, 0.1) is 25.9 Å². The Bertz CT molecular complexity index is 1300.